The van der Waals surface area contributed by atoms with Crippen molar-refractivity contribution in [1.82, 2.24) is 9.55 Å². The molecule has 0 spiro atoms. The quantitative estimate of drug-likeness (QED) is 0.694. The fourth-order valence-corrected chi connectivity index (χ4v) is 2.26. The molecule has 0 aliphatic rings. The summed E-state index contributed by atoms with van der Waals surface area (Å²) >= 11 is 0. The third-order valence-electron chi connectivity index (χ3n) is 3.58. The van der Waals surface area contributed by atoms with E-state index in [9.17, 15) is 0 Å². The fourth-order valence-electron chi connectivity index (χ4n) is 2.26. The zero-order chi connectivity index (χ0) is 14.3. The van der Waals surface area contributed by atoms with Crippen LogP contribution in [0.25, 0.3) is 0 Å². The molecular formula is C15H29N3O. The van der Waals surface area contributed by atoms with Gasteiger partial charge in [-0.1, -0.05) is 20.3 Å². The molecule has 0 amide bonds. The van der Waals surface area contributed by atoms with Gasteiger partial charge in [0.05, 0.1) is 5.69 Å². The largest absolute Gasteiger partial charge is 0.385 e. The van der Waals surface area contributed by atoms with E-state index >= 15 is 0 Å². The molecule has 1 aromatic heterocycles. The Morgan fingerprint density at radius 3 is 2.79 bits per heavy atom. The molecule has 1 rings (SSSR count). The average Bonchev–Trinajstić information content (AvgIpc) is 2.76. The zero-order valence-electron chi connectivity index (χ0n) is 13.1. The highest BCUT2D eigenvalue weighted by Gasteiger charge is 2.13. The standard InChI is InChI=1S/C15H29N3O/c1-6-12(2)10-14(4)18-11-13(3)17-15(18)16-8-7-9-19-5/h11-12,14H,6-10H2,1-5H3,(H,16,17). The van der Waals surface area contributed by atoms with Gasteiger partial charge in [0, 0.05) is 32.5 Å². The minimum Gasteiger partial charge on any atom is -0.385 e. The SMILES string of the molecule is CCC(C)CC(C)n1cc(C)nc1NCCCOC. The van der Waals surface area contributed by atoms with Crippen molar-refractivity contribution < 1.29 is 4.74 Å². The van der Waals surface area contributed by atoms with Crippen LogP contribution in [-0.4, -0.2) is 29.8 Å². The number of nitrogens with zero attached hydrogens (tertiary/aromatic N) is 2. The van der Waals surface area contributed by atoms with Crippen LogP contribution in [0.15, 0.2) is 6.20 Å². The van der Waals surface area contributed by atoms with Crippen molar-refractivity contribution in [3.63, 3.8) is 0 Å². The van der Waals surface area contributed by atoms with Gasteiger partial charge in [-0.25, -0.2) is 4.98 Å². The van der Waals surface area contributed by atoms with E-state index in [0.29, 0.717) is 6.04 Å². The molecule has 2 atom stereocenters. The molecule has 4 heteroatoms. The number of ether oxygens (including phenoxy) is 1. The maximum absolute atomic E-state index is 5.06. The number of rotatable bonds is 9. The number of methoxy groups -OCH3 is 1. The second-order valence-corrected chi connectivity index (χ2v) is 5.48. The number of hydrogen-bond donors (Lipinski definition) is 1. The Morgan fingerprint density at radius 2 is 2.16 bits per heavy atom. The predicted octanol–water partition coefficient (Wildman–Crippen LogP) is 3.64. The Kier molecular flexibility index (Phi) is 6.92. The number of anilines is 1. The van der Waals surface area contributed by atoms with Crippen molar-refractivity contribution in [3.05, 3.63) is 11.9 Å². The van der Waals surface area contributed by atoms with Gasteiger partial charge in [-0.05, 0) is 32.6 Å². The van der Waals surface area contributed by atoms with Gasteiger partial charge in [-0.3, -0.25) is 0 Å². The first kappa shape index (κ1) is 16.0. The van der Waals surface area contributed by atoms with Crippen molar-refractivity contribution in [2.75, 3.05) is 25.6 Å². The van der Waals surface area contributed by atoms with Gasteiger partial charge in [-0.15, -0.1) is 0 Å². The van der Waals surface area contributed by atoms with Gasteiger partial charge in [0.15, 0.2) is 0 Å². The van der Waals surface area contributed by atoms with Crippen LogP contribution in [0.4, 0.5) is 5.95 Å². The maximum atomic E-state index is 5.06. The highest BCUT2D eigenvalue weighted by molar-refractivity contribution is 5.29. The van der Waals surface area contributed by atoms with Gasteiger partial charge in [-0.2, -0.15) is 0 Å². The molecule has 0 aliphatic carbocycles. The van der Waals surface area contributed by atoms with Crippen molar-refractivity contribution in [3.8, 4) is 0 Å². The Bertz CT molecular complexity index is 362. The van der Waals surface area contributed by atoms with Crippen LogP contribution in [0.2, 0.25) is 0 Å². The van der Waals surface area contributed by atoms with E-state index in [0.717, 1.165) is 37.1 Å². The molecule has 1 heterocycles. The highest BCUT2D eigenvalue weighted by Crippen LogP contribution is 2.23. The van der Waals surface area contributed by atoms with Crippen LogP contribution in [-0.2, 0) is 4.74 Å². The van der Waals surface area contributed by atoms with Crippen LogP contribution in [0, 0.1) is 12.8 Å². The summed E-state index contributed by atoms with van der Waals surface area (Å²) < 4.78 is 7.33. The average molecular weight is 267 g/mol. The number of aromatic nitrogens is 2. The molecule has 0 radical (unpaired) electrons. The monoisotopic (exact) mass is 267 g/mol. The van der Waals surface area contributed by atoms with E-state index in [2.05, 4.69) is 41.8 Å². The Labute approximate surface area is 117 Å². The van der Waals surface area contributed by atoms with E-state index < -0.39 is 0 Å². The number of imidazole rings is 1. The second kappa shape index (κ2) is 8.20. The lowest BCUT2D eigenvalue weighted by Gasteiger charge is -2.20. The number of nitrogens with one attached hydrogen (secondary N) is 1. The lowest BCUT2D eigenvalue weighted by Crippen LogP contribution is -2.14. The summed E-state index contributed by atoms with van der Waals surface area (Å²) in [4.78, 5) is 4.57. The Hall–Kier alpha value is -1.03. The van der Waals surface area contributed by atoms with Crippen molar-refractivity contribution in [2.45, 2.75) is 53.0 Å². The summed E-state index contributed by atoms with van der Waals surface area (Å²) in [6.45, 7) is 10.6. The zero-order valence-corrected chi connectivity index (χ0v) is 13.1. The lowest BCUT2D eigenvalue weighted by atomic mass is 10.0. The van der Waals surface area contributed by atoms with Crippen LogP contribution >= 0.6 is 0 Å². The Morgan fingerprint density at radius 1 is 1.42 bits per heavy atom. The first-order chi connectivity index (χ1) is 9.08. The van der Waals surface area contributed by atoms with Gasteiger partial charge >= 0.3 is 0 Å². The first-order valence-corrected chi connectivity index (χ1v) is 7.36. The normalized spacial score (nSPS) is 14.4. The van der Waals surface area contributed by atoms with Crippen LogP contribution in [0.3, 0.4) is 0 Å². The van der Waals surface area contributed by atoms with Gasteiger partial charge in [0.1, 0.15) is 0 Å². The lowest BCUT2D eigenvalue weighted by molar-refractivity contribution is 0.197. The molecule has 0 saturated heterocycles. The number of hydrogen-bond acceptors (Lipinski definition) is 3. The van der Waals surface area contributed by atoms with E-state index in [1.54, 1.807) is 7.11 Å². The fraction of sp³-hybridized carbons (Fsp3) is 0.800. The molecule has 0 aliphatic heterocycles. The summed E-state index contributed by atoms with van der Waals surface area (Å²) in [6, 6.07) is 0.487. The molecule has 1 N–H and O–H groups in total. The highest BCUT2D eigenvalue weighted by atomic mass is 16.5. The molecule has 0 fully saturated rings. The molecule has 4 nitrogen and oxygen atoms in total. The van der Waals surface area contributed by atoms with E-state index in [-0.39, 0.29) is 0 Å². The molecule has 1 aromatic rings. The van der Waals surface area contributed by atoms with Crippen LogP contribution < -0.4 is 5.32 Å². The summed E-state index contributed by atoms with van der Waals surface area (Å²) in [5.74, 6) is 1.74. The van der Waals surface area contributed by atoms with Crippen molar-refractivity contribution in [2.24, 2.45) is 5.92 Å². The minimum absolute atomic E-state index is 0.487. The Balaban J connectivity index is 2.61. The smallest absolute Gasteiger partial charge is 0.203 e. The van der Waals surface area contributed by atoms with E-state index in [1.165, 1.54) is 12.8 Å². The van der Waals surface area contributed by atoms with E-state index in [4.69, 9.17) is 4.74 Å². The third-order valence-corrected chi connectivity index (χ3v) is 3.58. The third kappa shape index (κ3) is 5.23. The molecule has 0 bridgehead atoms. The summed E-state index contributed by atoms with van der Waals surface area (Å²) in [5, 5.41) is 3.41. The predicted molar refractivity (Wildman–Crippen MR) is 80.7 cm³/mol. The molecule has 0 aromatic carbocycles. The summed E-state index contributed by atoms with van der Waals surface area (Å²) in [7, 11) is 1.74. The second-order valence-electron chi connectivity index (χ2n) is 5.48. The topological polar surface area (TPSA) is 39.1 Å². The molecule has 2 unspecified atom stereocenters. The summed E-state index contributed by atoms with van der Waals surface area (Å²) in [5.41, 5.74) is 1.07. The number of aryl methyl sites for hydroxylation is 1. The van der Waals surface area contributed by atoms with Crippen LogP contribution in [0.1, 0.15) is 51.8 Å². The van der Waals surface area contributed by atoms with Crippen LogP contribution in [0.5, 0.6) is 0 Å². The maximum Gasteiger partial charge on any atom is 0.203 e. The van der Waals surface area contributed by atoms with Crippen molar-refractivity contribution >= 4 is 5.95 Å². The molecule has 0 saturated carbocycles. The molecule has 19 heavy (non-hydrogen) atoms. The van der Waals surface area contributed by atoms with Gasteiger partial charge in [0.25, 0.3) is 0 Å². The first-order valence-electron chi connectivity index (χ1n) is 7.36. The summed E-state index contributed by atoms with van der Waals surface area (Å²) in [6.07, 6.45) is 5.57. The minimum atomic E-state index is 0.487. The van der Waals surface area contributed by atoms with Gasteiger partial charge in [0.2, 0.25) is 5.95 Å². The van der Waals surface area contributed by atoms with E-state index in [1.807, 2.05) is 6.92 Å². The van der Waals surface area contributed by atoms with Crippen molar-refractivity contribution in [1.29, 1.82) is 0 Å². The van der Waals surface area contributed by atoms with Gasteiger partial charge < -0.3 is 14.6 Å². The molecule has 110 valence electrons. The molecular weight excluding hydrogens is 238 g/mol.